The summed E-state index contributed by atoms with van der Waals surface area (Å²) in [7, 11) is 0. The molecule has 0 amide bonds. The lowest BCUT2D eigenvalue weighted by Gasteiger charge is -2.20. The average molecular weight is 902 g/mol. The molecule has 3 heteroatoms. The number of halogens is 2. The molecule has 0 aliphatic carbocycles. The van der Waals surface area contributed by atoms with Crippen molar-refractivity contribution in [3.05, 3.63) is 180 Å². The highest BCUT2D eigenvalue weighted by atomic mass is 35.5. The highest BCUT2D eigenvalue weighted by Crippen LogP contribution is 2.40. The number of aryl methyl sites for hydroxylation is 1. The molecule has 1 heterocycles. The first kappa shape index (κ1) is 63.9. The maximum Gasteiger partial charge on any atom is 0.168 e. The SMILES string of the molecule is C1CCOC1.CCCCCC.CCCCCC.CCCCCC.CCCCCC.Cc1ccccc1.ClC(Cl)(c1ccccc1)c1ccccc1.c1ccccc1.c1ccccc1. The number of alkyl halides is 2. The van der Waals surface area contributed by atoms with Gasteiger partial charge in [-0.15, -0.1) is 0 Å². The minimum Gasteiger partial charge on any atom is -0.381 e. The van der Waals surface area contributed by atoms with Gasteiger partial charge < -0.3 is 4.74 Å². The van der Waals surface area contributed by atoms with Crippen LogP contribution in [0.1, 0.15) is 188 Å². The van der Waals surface area contributed by atoms with E-state index >= 15 is 0 Å². The topological polar surface area (TPSA) is 9.23 Å². The predicted molar refractivity (Wildman–Crippen MR) is 289 cm³/mol. The molecule has 6 rings (SSSR count). The lowest BCUT2D eigenvalue weighted by Crippen LogP contribution is -2.11. The van der Waals surface area contributed by atoms with E-state index in [0.717, 1.165) is 24.3 Å². The average Bonchev–Trinajstić information content (AvgIpc) is 3.96. The summed E-state index contributed by atoms with van der Waals surface area (Å²) in [5.41, 5.74) is 3.10. The van der Waals surface area contributed by atoms with Crippen molar-refractivity contribution in [3.8, 4) is 0 Å². The summed E-state index contributed by atoms with van der Waals surface area (Å²) in [4.78, 5) is 0. The van der Waals surface area contributed by atoms with Gasteiger partial charge in [0.15, 0.2) is 4.33 Å². The third kappa shape index (κ3) is 49.5. The third-order valence-electron chi connectivity index (χ3n) is 9.20. The molecule has 5 aromatic carbocycles. The monoisotopic (exact) mass is 901 g/mol. The third-order valence-corrected chi connectivity index (χ3v) is 10.1. The fourth-order valence-corrected chi connectivity index (χ4v) is 5.78. The zero-order valence-electron chi connectivity index (χ0n) is 41.9. The standard InChI is InChI=1S/C13H10Cl2.C7H8.2C6H6.4C6H14.C4H8O/c14-13(15,11-7-3-1-4-8-11)12-9-5-2-6-10-12;1-7-5-3-2-4-6-7;2*1-2-4-6-5-3-1;4*1-3-5-6-4-2;1-2-4-5-3-1/h1-10H;2-6H,1H3;2*1-6H;4*3-6H2,1-2H3;1-4H2. The van der Waals surface area contributed by atoms with Gasteiger partial charge in [-0.1, -0.05) is 351 Å². The molecule has 5 aromatic rings. The zero-order chi connectivity index (χ0) is 47.2. The van der Waals surface area contributed by atoms with Gasteiger partial charge in [-0.25, -0.2) is 0 Å². The van der Waals surface area contributed by atoms with E-state index in [0.29, 0.717) is 0 Å². The Morgan fingerprint density at radius 1 is 0.333 bits per heavy atom. The van der Waals surface area contributed by atoms with E-state index in [9.17, 15) is 0 Å². The van der Waals surface area contributed by atoms with Gasteiger partial charge in [0.05, 0.1) is 0 Å². The van der Waals surface area contributed by atoms with Gasteiger partial charge in [0.25, 0.3) is 0 Å². The van der Waals surface area contributed by atoms with Crippen LogP contribution in [-0.4, -0.2) is 13.2 Å². The molecule has 1 aliphatic rings. The molecular formula is C60H94Cl2O. The lowest BCUT2D eigenvalue weighted by atomic mass is 10.0. The Hall–Kier alpha value is -3.36. The van der Waals surface area contributed by atoms with Gasteiger partial charge in [-0.3, -0.25) is 0 Å². The Labute approximate surface area is 401 Å². The Kier molecular flexibility index (Phi) is 55.6. The molecule has 63 heavy (non-hydrogen) atoms. The van der Waals surface area contributed by atoms with Gasteiger partial charge in [0.2, 0.25) is 0 Å². The summed E-state index contributed by atoms with van der Waals surface area (Å²) in [6, 6.07) is 53.6. The van der Waals surface area contributed by atoms with Crippen LogP contribution >= 0.6 is 23.2 Å². The summed E-state index contributed by atoms with van der Waals surface area (Å²) in [5.74, 6) is 0. The van der Waals surface area contributed by atoms with Crippen molar-refractivity contribution in [3.63, 3.8) is 0 Å². The van der Waals surface area contributed by atoms with Gasteiger partial charge >= 0.3 is 0 Å². The largest absolute Gasteiger partial charge is 0.381 e. The summed E-state index contributed by atoms with van der Waals surface area (Å²) >= 11 is 12.7. The van der Waals surface area contributed by atoms with E-state index in [1.54, 1.807) is 0 Å². The molecule has 0 radical (unpaired) electrons. The summed E-state index contributed by atoms with van der Waals surface area (Å²) in [6.45, 7) is 21.9. The number of ether oxygens (including phenoxy) is 1. The molecule has 1 fully saturated rings. The van der Waals surface area contributed by atoms with E-state index in [4.69, 9.17) is 27.9 Å². The first-order valence-electron chi connectivity index (χ1n) is 24.8. The van der Waals surface area contributed by atoms with Crippen molar-refractivity contribution >= 4 is 23.2 Å². The first-order valence-corrected chi connectivity index (χ1v) is 25.6. The molecule has 0 unspecified atom stereocenters. The lowest BCUT2D eigenvalue weighted by molar-refractivity contribution is 0.198. The van der Waals surface area contributed by atoms with Crippen molar-refractivity contribution in [2.24, 2.45) is 0 Å². The van der Waals surface area contributed by atoms with E-state index in [2.05, 4.69) is 74.4 Å². The van der Waals surface area contributed by atoms with Gasteiger partial charge in [-0.05, 0) is 30.9 Å². The van der Waals surface area contributed by atoms with Gasteiger partial charge in [0.1, 0.15) is 0 Å². The van der Waals surface area contributed by atoms with Crippen LogP contribution < -0.4 is 0 Å². The van der Waals surface area contributed by atoms with Crippen LogP contribution in [-0.2, 0) is 9.07 Å². The minimum atomic E-state index is -0.970. The summed E-state index contributed by atoms with van der Waals surface area (Å²) in [6.07, 6.45) is 24.7. The van der Waals surface area contributed by atoms with Crippen LogP contribution in [0.2, 0.25) is 0 Å². The number of hydrogen-bond donors (Lipinski definition) is 0. The molecule has 1 aliphatic heterocycles. The normalized spacial score (nSPS) is 10.5. The Balaban J connectivity index is -0.000000664. The smallest absolute Gasteiger partial charge is 0.168 e. The van der Waals surface area contributed by atoms with Crippen molar-refractivity contribution in [1.29, 1.82) is 0 Å². The maximum atomic E-state index is 6.35. The van der Waals surface area contributed by atoms with Crippen molar-refractivity contribution in [2.75, 3.05) is 13.2 Å². The highest BCUT2D eigenvalue weighted by molar-refractivity contribution is 6.50. The zero-order valence-corrected chi connectivity index (χ0v) is 43.4. The van der Waals surface area contributed by atoms with E-state index < -0.39 is 4.33 Å². The molecule has 1 nitrogen and oxygen atoms in total. The van der Waals surface area contributed by atoms with E-state index in [1.807, 2.05) is 152 Å². The Bertz CT molecular complexity index is 1260. The second-order valence-electron chi connectivity index (χ2n) is 15.4. The molecule has 0 N–H and O–H groups in total. The Morgan fingerprint density at radius 2 is 0.524 bits per heavy atom. The van der Waals surface area contributed by atoms with Crippen LogP contribution in [0.15, 0.2) is 164 Å². The number of benzene rings is 5. The van der Waals surface area contributed by atoms with Crippen LogP contribution in [0.4, 0.5) is 0 Å². The van der Waals surface area contributed by atoms with Crippen molar-refractivity contribution < 1.29 is 4.74 Å². The van der Waals surface area contributed by atoms with Crippen molar-refractivity contribution in [2.45, 2.75) is 182 Å². The number of rotatable bonds is 14. The molecule has 354 valence electrons. The molecule has 1 saturated heterocycles. The van der Waals surface area contributed by atoms with Crippen LogP contribution in [0.3, 0.4) is 0 Å². The maximum absolute atomic E-state index is 6.35. The second kappa shape index (κ2) is 54.8. The fourth-order valence-electron chi connectivity index (χ4n) is 5.28. The fraction of sp³-hybridized carbons (Fsp3) is 0.500. The quantitative estimate of drug-likeness (QED) is 0.0797. The number of unbranched alkanes of at least 4 members (excludes halogenated alkanes) is 12. The molecule has 0 spiro atoms. The van der Waals surface area contributed by atoms with E-state index in [-0.39, 0.29) is 0 Å². The Morgan fingerprint density at radius 3 is 0.667 bits per heavy atom. The van der Waals surface area contributed by atoms with Crippen LogP contribution in [0.25, 0.3) is 0 Å². The summed E-state index contributed by atoms with van der Waals surface area (Å²) < 4.78 is 3.97. The van der Waals surface area contributed by atoms with Gasteiger partial charge in [-0.2, -0.15) is 0 Å². The second-order valence-corrected chi connectivity index (χ2v) is 16.7. The molecule has 0 aromatic heterocycles. The molecule has 0 atom stereocenters. The molecule has 0 bridgehead atoms. The number of hydrogen-bond acceptors (Lipinski definition) is 1. The molecular weight excluding hydrogens is 808 g/mol. The van der Waals surface area contributed by atoms with Crippen LogP contribution in [0, 0.1) is 6.92 Å². The van der Waals surface area contributed by atoms with Crippen molar-refractivity contribution in [1.82, 2.24) is 0 Å². The first-order chi connectivity index (χ1) is 30.8. The highest BCUT2D eigenvalue weighted by Gasteiger charge is 2.28. The predicted octanol–water partition coefficient (Wildman–Crippen LogP) is 20.9. The van der Waals surface area contributed by atoms with Gasteiger partial charge in [0, 0.05) is 13.2 Å². The van der Waals surface area contributed by atoms with E-state index in [1.165, 1.54) is 121 Å². The minimum absolute atomic E-state index is 0.888. The summed E-state index contributed by atoms with van der Waals surface area (Å²) in [5, 5.41) is 0. The molecule has 0 saturated carbocycles. The van der Waals surface area contributed by atoms with Crippen LogP contribution in [0.5, 0.6) is 0 Å².